The summed E-state index contributed by atoms with van der Waals surface area (Å²) in [6.45, 7) is 9.41. The number of nitrogens with zero attached hydrogens (tertiary/aromatic N) is 3. The lowest BCUT2D eigenvalue weighted by atomic mass is 9.86. The first-order valence-corrected chi connectivity index (χ1v) is 11.2. The minimum absolute atomic E-state index is 0.0799. The van der Waals surface area contributed by atoms with E-state index in [2.05, 4.69) is 62.2 Å². The van der Waals surface area contributed by atoms with Crippen molar-refractivity contribution < 1.29 is 9.90 Å². The fourth-order valence-electron chi connectivity index (χ4n) is 4.15. The number of carbonyl (C=O) groups is 1. The number of hydrogen-bond acceptors (Lipinski definition) is 3. The maximum absolute atomic E-state index is 12.7. The molecule has 0 spiro atoms. The van der Waals surface area contributed by atoms with Crippen molar-refractivity contribution >= 4 is 22.5 Å². The molecule has 1 amide bonds. The third-order valence-corrected chi connectivity index (χ3v) is 6.21. The molecule has 5 heteroatoms. The van der Waals surface area contributed by atoms with Crippen LogP contribution >= 0.6 is 0 Å². The molecular formula is C26H31N3O2. The molecule has 1 aromatic heterocycles. The number of rotatable bonds is 6. The zero-order valence-electron chi connectivity index (χ0n) is 18.8. The van der Waals surface area contributed by atoms with Crippen molar-refractivity contribution in [1.29, 1.82) is 0 Å². The van der Waals surface area contributed by atoms with E-state index >= 15 is 0 Å². The predicted molar refractivity (Wildman–Crippen MR) is 124 cm³/mol. The van der Waals surface area contributed by atoms with Crippen LogP contribution in [0.5, 0.6) is 5.88 Å². The SMILES string of the molecule is CCCCn1c(O)c(N=NC(=O)[C@@H]2C[C@H]2c2ccc(C(C)(C)C)cc2)c2ccccc21. The number of carbonyl (C=O) groups excluding carboxylic acids is 1. The molecule has 2 aromatic carbocycles. The van der Waals surface area contributed by atoms with Gasteiger partial charge in [0.2, 0.25) is 5.88 Å². The third-order valence-electron chi connectivity index (χ3n) is 6.21. The van der Waals surface area contributed by atoms with Gasteiger partial charge in [0.25, 0.3) is 5.91 Å². The van der Waals surface area contributed by atoms with Gasteiger partial charge >= 0.3 is 0 Å². The molecule has 1 N–H and O–H groups in total. The van der Waals surface area contributed by atoms with Crippen LogP contribution in [0.3, 0.4) is 0 Å². The molecule has 1 aliphatic rings. The van der Waals surface area contributed by atoms with Crippen molar-refractivity contribution in [3.05, 3.63) is 59.7 Å². The summed E-state index contributed by atoms with van der Waals surface area (Å²) < 4.78 is 1.86. The second kappa shape index (κ2) is 8.29. The summed E-state index contributed by atoms with van der Waals surface area (Å²) in [6.07, 6.45) is 2.79. The summed E-state index contributed by atoms with van der Waals surface area (Å²) in [7, 11) is 0. The molecule has 5 nitrogen and oxygen atoms in total. The van der Waals surface area contributed by atoms with Gasteiger partial charge in [0.05, 0.1) is 5.52 Å². The smallest absolute Gasteiger partial charge is 0.268 e. The maximum atomic E-state index is 12.7. The van der Waals surface area contributed by atoms with Crippen LogP contribution in [0.1, 0.15) is 64.0 Å². The first-order chi connectivity index (χ1) is 14.8. The Morgan fingerprint density at radius 3 is 2.52 bits per heavy atom. The molecule has 1 aliphatic carbocycles. The topological polar surface area (TPSA) is 66.9 Å². The number of unbranched alkanes of at least 4 members (excludes halogenated alkanes) is 1. The number of azo groups is 1. The van der Waals surface area contributed by atoms with Gasteiger partial charge in [0, 0.05) is 17.8 Å². The molecule has 162 valence electrons. The van der Waals surface area contributed by atoms with Crippen LogP contribution in [0.4, 0.5) is 5.69 Å². The minimum atomic E-state index is -0.213. The summed E-state index contributed by atoms with van der Waals surface area (Å²) in [5.41, 5.74) is 3.88. The summed E-state index contributed by atoms with van der Waals surface area (Å²) in [4.78, 5) is 12.7. The summed E-state index contributed by atoms with van der Waals surface area (Å²) in [5.74, 6) is -0.0502. The molecule has 0 unspecified atom stereocenters. The van der Waals surface area contributed by atoms with Crippen LogP contribution in [0.25, 0.3) is 10.9 Å². The molecule has 2 atom stereocenters. The second-order valence-electron chi connectivity index (χ2n) is 9.55. The molecule has 1 saturated carbocycles. The predicted octanol–water partition coefficient (Wildman–Crippen LogP) is 6.86. The van der Waals surface area contributed by atoms with E-state index < -0.39 is 0 Å². The minimum Gasteiger partial charge on any atom is -0.493 e. The molecule has 0 saturated heterocycles. The van der Waals surface area contributed by atoms with Crippen molar-refractivity contribution in [2.75, 3.05) is 0 Å². The molecule has 4 rings (SSSR count). The summed E-state index contributed by atoms with van der Waals surface area (Å²) >= 11 is 0. The van der Waals surface area contributed by atoms with Crippen LogP contribution in [0.15, 0.2) is 58.8 Å². The van der Waals surface area contributed by atoms with Crippen LogP contribution in [-0.4, -0.2) is 15.6 Å². The van der Waals surface area contributed by atoms with Crippen molar-refractivity contribution in [2.24, 2.45) is 16.1 Å². The molecule has 0 aliphatic heterocycles. The van der Waals surface area contributed by atoms with Gasteiger partial charge in [-0.25, -0.2) is 0 Å². The van der Waals surface area contributed by atoms with Crippen molar-refractivity contribution in [1.82, 2.24) is 4.57 Å². The number of hydrogen-bond donors (Lipinski definition) is 1. The number of aryl methyl sites for hydroxylation is 1. The van der Waals surface area contributed by atoms with Crippen molar-refractivity contribution in [3.63, 3.8) is 0 Å². The van der Waals surface area contributed by atoms with Gasteiger partial charge in [-0.3, -0.25) is 4.79 Å². The lowest BCUT2D eigenvalue weighted by molar-refractivity contribution is -0.119. The van der Waals surface area contributed by atoms with Gasteiger partial charge in [-0.1, -0.05) is 76.6 Å². The first-order valence-electron chi connectivity index (χ1n) is 11.2. The normalized spacial score (nSPS) is 18.7. The molecule has 31 heavy (non-hydrogen) atoms. The lowest BCUT2D eigenvalue weighted by Crippen LogP contribution is -2.10. The van der Waals surface area contributed by atoms with Crippen LogP contribution in [0, 0.1) is 5.92 Å². The van der Waals surface area contributed by atoms with E-state index in [0.717, 1.165) is 30.2 Å². The highest BCUT2D eigenvalue weighted by Gasteiger charge is 2.44. The Bertz CT molecular complexity index is 1120. The number of benzene rings is 2. The molecule has 1 fully saturated rings. The first kappa shape index (κ1) is 21.3. The Morgan fingerprint density at radius 1 is 1.13 bits per heavy atom. The van der Waals surface area contributed by atoms with Gasteiger partial charge in [-0.15, -0.1) is 10.2 Å². The Hall–Kier alpha value is -2.95. The lowest BCUT2D eigenvalue weighted by Gasteiger charge is -2.19. The van der Waals surface area contributed by atoms with Crippen LogP contribution < -0.4 is 0 Å². The third kappa shape index (κ3) is 4.27. The molecule has 3 aromatic rings. The molecule has 0 radical (unpaired) electrons. The summed E-state index contributed by atoms with van der Waals surface area (Å²) in [5, 5.41) is 19.8. The Morgan fingerprint density at radius 2 is 1.84 bits per heavy atom. The van der Waals surface area contributed by atoms with E-state index in [-0.39, 0.29) is 29.0 Å². The average Bonchev–Trinajstić information content (AvgIpc) is 3.50. The summed E-state index contributed by atoms with van der Waals surface area (Å²) in [6, 6.07) is 16.3. The number of aromatic nitrogens is 1. The fourth-order valence-corrected chi connectivity index (χ4v) is 4.15. The van der Waals surface area contributed by atoms with E-state index in [0.29, 0.717) is 12.2 Å². The highest BCUT2D eigenvalue weighted by molar-refractivity contribution is 5.95. The maximum Gasteiger partial charge on any atom is 0.268 e. The number of para-hydroxylation sites is 1. The van der Waals surface area contributed by atoms with Gasteiger partial charge in [-0.05, 0) is 41.4 Å². The number of fused-ring (bicyclic) bond motifs is 1. The van der Waals surface area contributed by atoms with E-state index in [1.165, 1.54) is 11.1 Å². The number of aromatic hydroxyl groups is 1. The Labute approximate surface area is 183 Å². The van der Waals surface area contributed by atoms with E-state index in [9.17, 15) is 9.90 Å². The number of amides is 1. The zero-order valence-corrected chi connectivity index (χ0v) is 18.8. The second-order valence-corrected chi connectivity index (χ2v) is 9.55. The highest BCUT2D eigenvalue weighted by Crippen LogP contribution is 2.49. The van der Waals surface area contributed by atoms with Gasteiger partial charge < -0.3 is 9.67 Å². The van der Waals surface area contributed by atoms with Gasteiger partial charge in [-0.2, -0.15) is 0 Å². The van der Waals surface area contributed by atoms with Crippen molar-refractivity contribution in [2.45, 2.75) is 64.8 Å². The quantitative estimate of drug-likeness (QED) is 0.445. The molecule has 1 heterocycles. The average molecular weight is 418 g/mol. The molecular weight excluding hydrogens is 386 g/mol. The van der Waals surface area contributed by atoms with Crippen molar-refractivity contribution in [3.8, 4) is 5.88 Å². The zero-order chi connectivity index (χ0) is 22.2. The van der Waals surface area contributed by atoms with Gasteiger partial charge in [0.15, 0.2) is 5.69 Å². The van der Waals surface area contributed by atoms with E-state index in [1.54, 1.807) is 0 Å². The van der Waals surface area contributed by atoms with Crippen LogP contribution in [0.2, 0.25) is 0 Å². The standard InChI is InChI=1S/C26H31N3O2/c1-5-6-15-29-22-10-8-7-9-19(22)23(25(29)31)27-28-24(30)21-16-20(21)17-11-13-18(14-12-17)26(2,3)4/h7-14,20-21,31H,5-6,15-16H2,1-4H3/t20-,21+/m0/s1. The van der Waals surface area contributed by atoms with Gasteiger partial charge in [0.1, 0.15) is 0 Å². The fraction of sp³-hybridized carbons (Fsp3) is 0.423. The monoisotopic (exact) mass is 417 g/mol. The van der Waals surface area contributed by atoms with Crippen LogP contribution in [-0.2, 0) is 16.8 Å². The Balaban J connectivity index is 1.50. The molecule has 0 bridgehead atoms. The van der Waals surface area contributed by atoms with E-state index in [4.69, 9.17) is 0 Å². The highest BCUT2D eigenvalue weighted by atomic mass is 16.3. The Kier molecular flexibility index (Phi) is 5.69. The largest absolute Gasteiger partial charge is 0.493 e. The van der Waals surface area contributed by atoms with E-state index in [1.807, 2.05) is 28.8 Å².